The van der Waals surface area contributed by atoms with Gasteiger partial charge in [0.15, 0.2) is 0 Å². The van der Waals surface area contributed by atoms with E-state index in [0.717, 1.165) is 6.42 Å². The molecule has 19 heavy (non-hydrogen) atoms. The maximum atomic E-state index is 11.7. The molecule has 0 saturated heterocycles. The lowest BCUT2D eigenvalue weighted by atomic mass is 9.99. The van der Waals surface area contributed by atoms with Gasteiger partial charge in [-0.05, 0) is 49.4 Å². The fourth-order valence-corrected chi connectivity index (χ4v) is 2.06. The summed E-state index contributed by atoms with van der Waals surface area (Å²) < 4.78 is 0. The van der Waals surface area contributed by atoms with Gasteiger partial charge in [0.05, 0.1) is 6.07 Å². The van der Waals surface area contributed by atoms with Gasteiger partial charge in [-0.15, -0.1) is 0 Å². The van der Waals surface area contributed by atoms with Gasteiger partial charge in [-0.25, -0.2) is 0 Å². The molecule has 0 spiro atoms. The minimum absolute atomic E-state index is 0.0445. The Morgan fingerprint density at radius 1 is 1.21 bits per heavy atom. The molecule has 0 heterocycles. The molecule has 0 unspecified atom stereocenters. The van der Waals surface area contributed by atoms with Crippen LogP contribution in [0.5, 0.6) is 0 Å². The topological polar surface area (TPSA) is 44.1 Å². The van der Waals surface area contributed by atoms with Gasteiger partial charge < -0.3 is 4.90 Å². The van der Waals surface area contributed by atoms with E-state index in [-0.39, 0.29) is 5.91 Å². The molecule has 0 aliphatic heterocycles. The van der Waals surface area contributed by atoms with Crippen LogP contribution in [0.25, 0.3) is 0 Å². The van der Waals surface area contributed by atoms with Crippen molar-refractivity contribution in [2.24, 2.45) is 0 Å². The average molecular weight is 258 g/mol. The third-order valence-electron chi connectivity index (χ3n) is 3.55. The Hall–Kier alpha value is -1.82. The number of hydrogen-bond donors (Lipinski definition) is 0. The number of hydrogen-bond acceptors (Lipinski definition) is 2. The van der Waals surface area contributed by atoms with E-state index >= 15 is 0 Å². The van der Waals surface area contributed by atoms with E-state index in [1.807, 2.05) is 6.07 Å². The number of aryl methyl sites for hydroxylation is 3. The van der Waals surface area contributed by atoms with Crippen molar-refractivity contribution in [1.29, 1.82) is 5.26 Å². The van der Waals surface area contributed by atoms with Crippen molar-refractivity contribution in [3.05, 3.63) is 34.4 Å². The van der Waals surface area contributed by atoms with Crippen LogP contribution in [0.2, 0.25) is 0 Å². The minimum atomic E-state index is 0.0445. The van der Waals surface area contributed by atoms with E-state index in [0.29, 0.717) is 19.4 Å². The van der Waals surface area contributed by atoms with E-state index in [1.165, 1.54) is 22.3 Å². The summed E-state index contributed by atoms with van der Waals surface area (Å²) in [5.41, 5.74) is 5.17. The molecule has 1 amide bonds. The maximum Gasteiger partial charge on any atom is 0.223 e. The Bertz CT molecular complexity index is 500. The van der Waals surface area contributed by atoms with Gasteiger partial charge in [0, 0.05) is 26.4 Å². The molecule has 3 nitrogen and oxygen atoms in total. The first-order valence-corrected chi connectivity index (χ1v) is 6.63. The lowest BCUT2D eigenvalue weighted by molar-refractivity contribution is -0.129. The van der Waals surface area contributed by atoms with E-state index in [1.54, 1.807) is 11.9 Å². The van der Waals surface area contributed by atoms with Crippen molar-refractivity contribution in [1.82, 2.24) is 4.90 Å². The van der Waals surface area contributed by atoms with Crippen LogP contribution in [0.15, 0.2) is 12.1 Å². The number of nitriles is 1. The third kappa shape index (κ3) is 4.40. The van der Waals surface area contributed by atoms with Gasteiger partial charge in [-0.1, -0.05) is 12.1 Å². The van der Waals surface area contributed by atoms with Crippen LogP contribution in [0, 0.1) is 32.1 Å². The second kappa shape index (κ2) is 6.94. The van der Waals surface area contributed by atoms with Gasteiger partial charge in [0.1, 0.15) is 0 Å². The van der Waals surface area contributed by atoms with Crippen molar-refractivity contribution in [3.8, 4) is 6.07 Å². The number of nitrogens with zero attached hydrogens (tertiary/aromatic N) is 2. The summed E-state index contributed by atoms with van der Waals surface area (Å²) in [7, 11) is 1.80. The van der Waals surface area contributed by atoms with Crippen LogP contribution in [-0.2, 0) is 11.2 Å². The fourth-order valence-electron chi connectivity index (χ4n) is 2.06. The number of carbonyl (C=O) groups excluding carboxylic acids is 1. The number of likely N-dealkylation sites (N-methyl/N-ethyl adjacent to an activating group) is 1. The highest BCUT2D eigenvalue weighted by Crippen LogP contribution is 2.16. The summed E-state index contributed by atoms with van der Waals surface area (Å²) in [5, 5.41) is 8.48. The molecule has 0 atom stereocenters. The predicted molar refractivity (Wildman–Crippen MR) is 76.8 cm³/mol. The molecule has 1 aromatic carbocycles. The number of rotatable bonds is 5. The highest BCUT2D eigenvalue weighted by atomic mass is 16.2. The standard InChI is InChI=1S/C16H22N2O/c1-12-10-14(3)15(11-13(12)2)7-9-18(4)16(19)6-5-8-17/h10-11H,5-7,9H2,1-4H3. The molecule has 102 valence electrons. The smallest absolute Gasteiger partial charge is 0.223 e. The molecule has 0 aromatic heterocycles. The van der Waals surface area contributed by atoms with E-state index in [9.17, 15) is 4.79 Å². The molecule has 0 aliphatic rings. The number of amides is 1. The minimum Gasteiger partial charge on any atom is -0.345 e. The maximum absolute atomic E-state index is 11.7. The summed E-state index contributed by atoms with van der Waals surface area (Å²) in [5.74, 6) is 0.0445. The summed E-state index contributed by atoms with van der Waals surface area (Å²) in [4.78, 5) is 13.4. The van der Waals surface area contributed by atoms with Gasteiger partial charge in [0.25, 0.3) is 0 Å². The molecule has 0 bridgehead atoms. The average Bonchev–Trinajstić information content (AvgIpc) is 2.38. The quantitative estimate of drug-likeness (QED) is 0.815. The highest BCUT2D eigenvalue weighted by molar-refractivity contribution is 5.76. The summed E-state index contributed by atoms with van der Waals surface area (Å²) in [6, 6.07) is 6.41. The molecule has 1 aromatic rings. The SMILES string of the molecule is Cc1cc(C)c(CCN(C)C(=O)CCC#N)cc1C. The molecule has 0 fully saturated rings. The number of carbonyl (C=O) groups is 1. The summed E-state index contributed by atoms with van der Waals surface area (Å²) >= 11 is 0. The van der Waals surface area contributed by atoms with Crippen molar-refractivity contribution >= 4 is 5.91 Å². The summed E-state index contributed by atoms with van der Waals surface area (Å²) in [6.45, 7) is 7.04. The second-order valence-corrected chi connectivity index (χ2v) is 5.09. The van der Waals surface area contributed by atoms with Gasteiger partial charge in [0.2, 0.25) is 5.91 Å². The lowest BCUT2D eigenvalue weighted by Gasteiger charge is -2.18. The normalized spacial score (nSPS) is 10.1. The molecular formula is C16H22N2O. The van der Waals surface area contributed by atoms with E-state index < -0.39 is 0 Å². The van der Waals surface area contributed by atoms with Gasteiger partial charge >= 0.3 is 0 Å². The van der Waals surface area contributed by atoms with Crippen molar-refractivity contribution in [2.45, 2.75) is 40.0 Å². The second-order valence-electron chi connectivity index (χ2n) is 5.09. The zero-order valence-corrected chi connectivity index (χ0v) is 12.3. The van der Waals surface area contributed by atoms with Crippen molar-refractivity contribution in [3.63, 3.8) is 0 Å². The lowest BCUT2D eigenvalue weighted by Crippen LogP contribution is -2.28. The zero-order chi connectivity index (χ0) is 14.4. The van der Waals surface area contributed by atoms with Gasteiger partial charge in [-0.2, -0.15) is 5.26 Å². The van der Waals surface area contributed by atoms with Crippen molar-refractivity contribution in [2.75, 3.05) is 13.6 Å². The molecule has 0 radical (unpaired) electrons. The van der Waals surface area contributed by atoms with Crippen LogP contribution >= 0.6 is 0 Å². The Morgan fingerprint density at radius 3 is 2.47 bits per heavy atom. The van der Waals surface area contributed by atoms with Crippen LogP contribution in [0.4, 0.5) is 0 Å². The first kappa shape index (κ1) is 15.2. The molecule has 3 heteroatoms. The van der Waals surface area contributed by atoms with E-state index in [2.05, 4.69) is 32.9 Å². The van der Waals surface area contributed by atoms with Gasteiger partial charge in [-0.3, -0.25) is 4.79 Å². The highest BCUT2D eigenvalue weighted by Gasteiger charge is 2.09. The van der Waals surface area contributed by atoms with Crippen LogP contribution in [0.3, 0.4) is 0 Å². The Kier molecular flexibility index (Phi) is 5.57. The molecule has 1 rings (SSSR count). The zero-order valence-electron chi connectivity index (χ0n) is 12.3. The fraction of sp³-hybridized carbons (Fsp3) is 0.500. The Morgan fingerprint density at radius 2 is 1.84 bits per heavy atom. The monoisotopic (exact) mass is 258 g/mol. The third-order valence-corrected chi connectivity index (χ3v) is 3.55. The van der Waals surface area contributed by atoms with Crippen LogP contribution in [0.1, 0.15) is 35.1 Å². The molecule has 0 N–H and O–H groups in total. The molecule has 0 aliphatic carbocycles. The first-order chi connectivity index (χ1) is 8.95. The van der Waals surface area contributed by atoms with Crippen molar-refractivity contribution < 1.29 is 4.79 Å². The van der Waals surface area contributed by atoms with E-state index in [4.69, 9.17) is 5.26 Å². The molecule has 0 saturated carbocycles. The molecular weight excluding hydrogens is 236 g/mol. The number of benzene rings is 1. The van der Waals surface area contributed by atoms with Crippen LogP contribution < -0.4 is 0 Å². The summed E-state index contributed by atoms with van der Waals surface area (Å²) in [6.07, 6.45) is 1.48. The predicted octanol–water partition coefficient (Wildman–Crippen LogP) is 2.92. The first-order valence-electron chi connectivity index (χ1n) is 6.63. The van der Waals surface area contributed by atoms with Crippen LogP contribution in [-0.4, -0.2) is 24.4 Å². The largest absolute Gasteiger partial charge is 0.345 e. The Labute approximate surface area is 115 Å². The Balaban J connectivity index is 2.60.